The van der Waals surface area contributed by atoms with Crippen molar-refractivity contribution in [1.82, 2.24) is 5.32 Å². The summed E-state index contributed by atoms with van der Waals surface area (Å²) in [6, 6.07) is 11.4. The number of rotatable bonds is 7. The lowest BCUT2D eigenvalue weighted by Crippen LogP contribution is -2.33. The molecule has 1 fully saturated rings. The van der Waals surface area contributed by atoms with Crippen LogP contribution in [-0.2, 0) is 11.4 Å². The smallest absolute Gasteiger partial charge is 0.269 e. The lowest BCUT2D eigenvalue weighted by atomic mass is 10.1. The Kier molecular flexibility index (Phi) is 7.66. The van der Waals surface area contributed by atoms with Gasteiger partial charge in [-0.1, -0.05) is 24.4 Å². The van der Waals surface area contributed by atoms with E-state index < -0.39 is 4.92 Å². The molecule has 0 atom stereocenters. The Morgan fingerprint density at radius 1 is 1.32 bits per heavy atom. The van der Waals surface area contributed by atoms with E-state index in [1.807, 2.05) is 6.07 Å². The molecule has 1 aliphatic carbocycles. The summed E-state index contributed by atoms with van der Waals surface area (Å²) >= 11 is 9.76. The zero-order valence-corrected chi connectivity index (χ0v) is 18.8. The maximum atomic E-state index is 12.4. The minimum Gasteiger partial charge on any atom is -0.486 e. The maximum Gasteiger partial charge on any atom is 0.269 e. The van der Waals surface area contributed by atoms with Gasteiger partial charge in [-0.3, -0.25) is 14.9 Å². The molecule has 0 heterocycles. The lowest BCUT2D eigenvalue weighted by molar-refractivity contribution is -0.384. The molecule has 0 radical (unpaired) electrons. The number of carbonyl (C=O) groups excluding carboxylic acids is 1. The summed E-state index contributed by atoms with van der Waals surface area (Å²) in [6.07, 6.45) is 5.52. The summed E-state index contributed by atoms with van der Waals surface area (Å²) in [5, 5.41) is 23.3. The fourth-order valence-corrected chi connectivity index (χ4v) is 4.31. The van der Waals surface area contributed by atoms with Gasteiger partial charge in [0, 0.05) is 18.2 Å². The zero-order chi connectivity index (χ0) is 22.4. The first-order chi connectivity index (χ1) is 14.9. The highest BCUT2D eigenvalue weighted by molar-refractivity contribution is 9.10. The van der Waals surface area contributed by atoms with Gasteiger partial charge in [-0.05, 0) is 70.2 Å². The average Bonchev–Trinajstić information content (AvgIpc) is 3.24. The first kappa shape index (κ1) is 22.8. The Balaban J connectivity index is 1.71. The number of nitrogens with zero attached hydrogens (tertiary/aromatic N) is 2. The van der Waals surface area contributed by atoms with Crippen molar-refractivity contribution in [1.29, 1.82) is 5.26 Å². The molecular formula is C22H19BrClN3O4. The van der Waals surface area contributed by atoms with Crippen molar-refractivity contribution in [3.8, 4) is 11.8 Å². The molecule has 2 aromatic rings. The number of carbonyl (C=O) groups is 1. The van der Waals surface area contributed by atoms with Gasteiger partial charge in [0.05, 0.1) is 14.4 Å². The predicted octanol–water partition coefficient (Wildman–Crippen LogP) is 5.56. The molecule has 160 valence electrons. The molecule has 0 bridgehead atoms. The molecule has 1 aliphatic rings. The summed E-state index contributed by atoms with van der Waals surface area (Å²) in [5.41, 5.74) is 1.34. The SMILES string of the molecule is N#C/C(=C/c1cc(Cl)c(OCc2ccc([N+](=O)[O-])cc2)c(Br)c1)C(=O)NC1CCCC1. The number of nitrogens with one attached hydrogen (secondary N) is 1. The van der Waals surface area contributed by atoms with Gasteiger partial charge in [-0.2, -0.15) is 5.26 Å². The van der Waals surface area contributed by atoms with Crippen LogP contribution in [0.25, 0.3) is 6.08 Å². The van der Waals surface area contributed by atoms with Crippen molar-refractivity contribution in [3.63, 3.8) is 0 Å². The number of nitro benzene ring substituents is 1. The fourth-order valence-electron chi connectivity index (χ4n) is 3.32. The number of hydrogen-bond donors (Lipinski definition) is 1. The third-order valence-electron chi connectivity index (χ3n) is 4.92. The van der Waals surface area contributed by atoms with Gasteiger partial charge in [0.15, 0.2) is 5.75 Å². The number of nitriles is 1. The summed E-state index contributed by atoms with van der Waals surface area (Å²) in [6.45, 7) is 0.165. The molecule has 2 aromatic carbocycles. The molecule has 0 aromatic heterocycles. The molecule has 1 N–H and O–H groups in total. The van der Waals surface area contributed by atoms with Gasteiger partial charge in [-0.25, -0.2) is 0 Å². The molecule has 3 rings (SSSR count). The second kappa shape index (κ2) is 10.4. The average molecular weight is 505 g/mol. The van der Waals surface area contributed by atoms with Crippen LogP contribution in [-0.4, -0.2) is 16.9 Å². The van der Waals surface area contributed by atoms with E-state index in [0.717, 1.165) is 31.2 Å². The van der Waals surface area contributed by atoms with Crippen LogP contribution in [0.4, 0.5) is 5.69 Å². The molecule has 0 aliphatic heterocycles. The van der Waals surface area contributed by atoms with Crippen molar-refractivity contribution in [2.75, 3.05) is 0 Å². The van der Waals surface area contributed by atoms with Crippen LogP contribution in [0.1, 0.15) is 36.8 Å². The summed E-state index contributed by atoms with van der Waals surface area (Å²) in [7, 11) is 0. The Hall–Kier alpha value is -2.89. The first-order valence-corrected chi connectivity index (χ1v) is 10.8. The van der Waals surface area contributed by atoms with Crippen molar-refractivity contribution in [2.45, 2.75) is 38.3 Å². The molecule has 9 heteroatoms. The van der Waals surface area contributed by atoms with E-state index in [2.05, 4.69) is 21.2 Å². The molecule has 31 heavy (non-hydrogen) atoms. The van der Waals surface area contributed by atoms with Gasteiger partial charge in [0.2, 0.25) is 0 Å². The second-order valence-corrected chi connectivity index (χ2v) is 8.41. The molecule has 7 nitrogen and oxygen atoms in total. The van der Waals surface area contributed by atoms with E-state index in [-0.39, 0.29) is 29.8 Å². The van der Waals surface area contributed by atoms with E-state index in [4.69, 9.17) is 16.3 Å². The Labute approximate surface area is 192 Å². The standard InChI is InChI=1S/C22H19BrClN3O4/c23-19-10-15(9-16(12-25)22(28)26-17-3-1-2-4-17)11-20(24)21(19)31-13-14-5-7-18(8-6-14)27(29)30/h5-11,17H,1-4,13H2,(H,26,28)/b16-9-. The van der Waals surface area contributed by atoms with Crippen LogP contribution in [0.2, 0.25) is 5.02 Å². The van der Waals surface area contributed by atoms with Crippen molar-refractivity contribution >= 4 is 45.2 Å². The minimum absolute atomic E-state index is 0.00404. The number of non-ortho nitro benzene ring substituents is 1. The third kappa shape index (κ3) is 6.06. The number of hydrogen-bond acceptors (Lipinski definition) is 5. The summed E-state index contributed by atoms with van der Waals surface area (Å²) < 4.78 is 6.32. The van der Waals surface area contributed by atoms with Gasteiger partial charge in [-0.15, -0.1) is 0 Å². The van der Waals surface area contributed by atoms with Gasteiger partial charge < -0.3 is 10.1 Å². The number of nitro groups is 1. The normalized spacial score (nSPS) is 14.2. The molecule has 1 saturated carbocycles. The summed E-state index contributed by atoms with van der Waals surface area (Å²) in [5.74, 6) is 0.00577. The highest BCUT2D eigenvalue weighted by Gasteiger charge is 2.19. The van der Waals surface area contributed by atoms with E-state index in [9.17, 15) is 20.2 Å². The molecule has 0 saturated heterocycles. The van der Waals surface area contributed by atoms with E-state index in [1.54, 1.807) is 24.3 Å². The monoisotopic (exact) mass is 503 g/mol. The van der Waals surface area contributed by atoms with Crippen LogP contribution >= 0.6 is 27.5 Å². The Morgan fingerprint density at radius 3 is 2.58 bits per heavy atom. The predicted molar refractivity (Wildman–Crippen MR) is 121 cm³/mol. The molecule has 0 spiro atoms. The molecular weight excluding hydrogens is 486 g/mol. The van der Waals surface area contributed by atoms with Gasteiger partial charge in [0.25, 0.3) is 11.6 Å². The summed E-state index contributed by atoms with van der Waals surface area (Å²) in [4.78, 5) is 22.7. The highest BCUT2D eigenvalue weighted by atomic mass is 79.9. The van der Waals surface area contributed by atoms with Crippen LogP contribution in [0.15, 0.2) is 46.4 Å². The van der Waals surface area contributed by atoms with Crippen LogP contribution in [0.3, 0.4) is 0 Å². The topological polar surface area (TPSA) is 105 Å². The zero-order valence-electron chi connectivity index (χ0n) is 16.4. The van der Waals surface area contributed by atoms with Crippen molar-refractivity contribution in [3.05, 3.63) is 72.7 Å². The van der Waals surface area contributed by atoms with Crippen LogP contribution in [0.5, 0.6) is 5.75 Å². The largest absolute Gasteiger partial charge is 0.486 e. The number of ether oxygens (including phenoxy) is 1. The van der Waals surface area contributed by atoms with Crippen LogP contribution in [0, 0.1) is 21.4 Å². The Morgan fingerprint density at radius 2 is 2.00 bits per heavy atom. The Bertz CT molecular complexity index is 1030. The second-order valence-electron chi connectivity index (χ2n) is 7.15. The minimum atomic E-state index is -0.464. The molecule has 1 amide bonds. The van der Waals surface area contributed by atoms with Gasteiger partial charge >= 0.3 is 0 Å². The lowest BCUT2D eigenvalue weighted by Gasteiger charge is -2.12. The van der Waals surface area contributed by atoms with Gasteiger partial charge in [0.1, 0.15) is 18.2 Å². The molecule has 0 unspecified atom stereocenters. The van der Waals surface area contributed by atoms with E-state index in [1.165, 1.54) is 18.2 Å². The fraction of sp³-hybridized carbons (Fsp3) is 0.273. The van der Waals surface area contributed by atoms with Crippen molar-refractivity contribution < 1.29 is 14.5 Å². The third-order valence-corrected chi connectivity index (χ3v) is 5.79. The van der Waals surface area contributed by atoms with E-state index in [0.29, 0.717) is 20.8 Å². The number of halogens is 2. The van der Waals surface area contributed by atoms with E-state index >= 15 is 0 Å². The first-order valence-electron chi connectivity index (χ1n) is 9.65. The van der Waals surface area contributed by atoms with Crippen molar-refractivity contribution in [2.24, 2.45) is 0 Å². The number of benzene rings is 2. The number of amides is 1. The van der Waals surface area contributed by atoms with Crippen LogP contribution < -0.4 is 10.1 Å². The quantitative estimate of drug-likeness (QED) is 0.230. The highest BCUT2D eigenvalue weighted by Crippen LogP contribution is 2.36. The maximum absolute atomic E-state index is 12.4.